The maximum Gasteiger partial charge on any atom is 0.270 e. The molecule has 0 saturated carbocycles. The zero-order valence-corrected chi connectivity index (χ0v) is 12.0. The van der Waals surface area contributed by atoms with Crippen molar-refractivity contribution in [3.8, 4) is 0 Å². The molecule has 3 rings (SSSR count). The summed E-state index contributed by atoms with van der Waals surface area (Å²) in [5, 5.41) is 11.7. The van der Waals surface area contributed by atoms with Crippen molar-refractivity contribution in [2.24, 2.45) is 0 Å². The molecule has 21 heavy (non-hydrogen) atoms. The molecule has 0 bridgehead atoms. The van der Waals surface area contributed by atoms with E-state index in [4.69, 9.17) is 0 Å². The summed E-state index contributed by atoms with van der Waals surface area (Å²) >= 11 is 0. The molecule has 0 aliphatic carbocycles. The Labute approximate surface area is 122 Å². The van der Waals surface area contributed by atoms with E-state index in [0.29, 0.717) is 0 Å². The first-order valence-corrected chi connectivity index (χ1v) is 6.84. The number of aryl methyl sites for hydroxylation is 2. The zero-order chi connectivity index (χ0) is 15.0. The monoisotopic (exact) mass is 280 g/mol. The Morgan fingerprint density at radius 2 is 1.86 bits per heavy atom. The Bertz CT molecular complexity index is 834. The topological polar surface area (TPSA) is 48.1 Å². The molecule has 0 saturated heterocycles. The maximum atomic E-state index is 10.8. The highest BCUT2D eigenvalue weighted by Crippen LogP contribution is 2.23. The van der Waals surface area contributed by atoms with Crippen molar-refractivity contribution in [2.45, 2.75) is 20.4 Å². The maximum absolute atomic E-state index is 10.8. The number of hydrogen-bond acceptors (Lipinski definition) is 2. The van der Waals surface area contributed by atoms with Crippen molar-refractivity contribution < 1.29 is 4.92 Å². The first-order valence-electron chi connectivity index (χ1n) is 6.84. The van der Waals surface area contributed by atoms with Crippen LogP contribution in [0.5, 0.6) is 0 Å². The predicted octanol–water partition coefficient (Wildman–Crippen LogP) is 4.21. The lowest BCUT2D eigenvalue weighted by Gasteiger charge is -2.08. The molecule has 4 heteroatoms. The minimum absolute atomic E-state index is 0.131. The van der Waals surface area contributed by atoms with Crippen LogP contribution in [0.1, 0.15) is 16.7 Å². The number of aromatic nitrogens is 1. The number of nitrogens with zero attached hydrogens (tertiary/aromatic N) is 2. The number of nitro groups is 1. The van der Waals surface area contributed by atoms with Gasteiger partial charge in [0.15, 0.2) is 0 Å². The average molecular weight is 280 g/mol. The highest BCUT2D eigenvalue weighted by molar-refractivity contribution is 5.82. The predicted molar refractivity (Wildman–Crippen MR) is 83.6 cm³/mol. The summed E-state index contributed by atoms with van der Waals surface area (Å²) in [5.41, 5.74) is 4.94. The van der Waals surface area contributed by atoms with Crippen molar-refractivity contribution in [3.05, 3.63) is 75.5 Å². The summed E-state index contributed by atoms with van der Waals surface area (Å²) in [6.07, 6.45) is 1.98. The van der Waals surface area contributed by atoms with E-state index in [9.17, 15) is 10.1 Å². The Morgan fingerprint density at radius 1 is 1.05 bits per heavy atom. The molecule has 0 unspecified atom stereocenters. The lowest BCUT2D eigenvalue weighted by atomic mass is 10.1. The van der Waals surface area contributed by atoms with E-state index in [2.05, 4.69) is 36.6 Å². The third kappa shape index (κ3) is 2.52. The van der Waals surface area contributed by atoms with E-state index >= 15 is 0 Å². The largest absolute Gasteiger partial charge is 0.343 e. The second kappa shape index (κ2) is 5.05. The van der Waals surface area contributed by atoms with Gasteiger partial charge < -0.3 is 4.57 Å². The van der Waals surface area contributed by atoms with Gasteiger partial charge >= 0.3 is 0 Å². The van der Waals surface area contributed by atoms with Crippen LogP contribution in [0, 0.1) is 24.0 Å². The molecule has 0 amide bonds. The molecular weight excluding hydrogens is 264 g/mol. The number of hydrogen-bond donors (Lipinski definition) is 0. The van der Waals surface area contributed by atoms with Gasteiger partial charge in [0, 0.05) is 35.8 Å². The van der Waals surface area contributed by atoms with Gasteiger partial charge in [-0.1, -0.05) is 18.2 Å². The Kier molecular flexibility index (Phi) is 3.22. The van der Waals surface area contributed by atoms with E-state index in [1.54, 1.807) is 12.1 Å². The fourth-order valence-corrected chi connectivity index (χ4v) is 2.54. The van der Waals surface area contributed by atoms with E-state index in [1.165, 1.54) is 16.7 Å². The number of non-ortho nitro benzene ring substituents is 1. The fraction of sp³-hybridized carbons (Fsp3) is 0.176. The van der Waals surface area contributed by atoms with Crippen LogP contribution in [0.3, 0.4) is 0 Å². The number of benzene rings is 2. The minimum Gasteiger partial charge on any atom is -0.343 e. The van der Waals surface area contributed by atoms with Gasteiger partial charge in [0.2, 0.25) is 0 Å². The van der Waals surface area contributed by atoms with E-state index in [0.717, 1.165) is 17.4 Å². The second-order valence-corrected chi connectivity index (χ2v) is 5.36. The average Bonchev–Trinajstić information content (AvgIpc) is 2.85. The van der Waals surface area contributed by atoms with Crippen LogP contribution in [0.4, 0.5) is 5.69 Å². The van der Waals surface area contributed by atoms with Gasteiger partial charge in [-0.15, -0.1) is 0 Å². The lowest BCUT2D eigenvalue weighted by molar-refractivity contribution is -0.384. The minimum atomic E-state index is -0.361. The third-order valence-corrected chi connectivity index (χ3v) is 3.89. The van der Waals surface area contributed by atoms with Crippen molar-refractivity contribution in [1.29, 1.82) is 0 Å². The Hall–Kier alpha value is -2.62. The van der Waals surface area contributed by atoms with Crippen molar-refractivity contribution >= 4 is 16.6 Å². The molecule has 0 fully saturated rings. The van der Waals surface area contributed by atoms with Gasteiger partial charge in [-0.3, -0.25) is 10.1 Å². The van der Waals surface area contributed by atoms with Crippen molar-refractivity contribution in [2.75, 3.05) is 0 Å². The molecule has 106 valence electrons. The molecule has 3 aromatic rings. The summed E-state index contributed by atoms with van der Waals surface area (Å²) in [5.74, 6) is 0. The molecule has 0 radical (unpaired) electrons. The van der Waals surface area contributed by atoms with E-state index < -0.39 is 0 Å². The highest BCUT2D eigenvalue weighted by Gasteiger charge is 2.09. The molecular formula is C17H16N2O2. The van der Waals surface area contributed by atoms with Crippen LogP contribution in [0.25, 0.3) is 10.9 Å². The van der Waals surface area contributed by atoms with E-state index in [-0.39, 0.29) is 10.6 Å². The number of nitro benzene ring substituents is 1. The normalized spacial score (nSPS) is 11.0. The van der Waals surface area contributed by atoms with Gasteiger partial charge in [0.05, 0.1) is 4.92 Å². The van der Waals surface area contributed by atoms with Gasteiger partial charge in [-0.05, 0) is 42.7 Å². The molecule has 0 aliphatic heterocycles. The van der Waals surface area contributed by atoms with Crippen LogP contribution < -0.4 is 0 Å². The molecule has 2 aromatic carbocycles. The van der Waals surface area contributed by atoms with Crippen LogP contribution >= 0.6 is 0 Å². The second-order valence-electron chi connectivity index (χ2n) is 5.36. The Morgan fingerprint density at radius 3 is 2.57 bits per heavy atom. The van der Waals surface area contributed by atoms with E-state index in [1.807, 2.05) is 18.3 Å². The molecule has 0 N–H and O–H groups in total. The van der Waals surface area contributed by atoms with Crippen molar-refractivity contribution in [1.82, 2.24) is 4.57 Å². The Balaban J connectivity index is 1.97. The molecule has 1 aromatic heterocycles. The number of rotatable bonds is 3. The molecule has 4 nitrogen and oxygen atoms in total. The standard InChI is InChI=1S/C17H16N2O2/c1-12-3-4-14(9-13(12)2)11-18-8-7-15-10-16(19(20)21)5-6-17(15)18/h3-10H,11H2,1-2H3. The summed E-state index contributed by atoms with van der Waals surface area (Å²) in [4.78, 5) is 10.4. The SMILES string of the molecule is Cc1ccc(Cn2ccc3cc([N+](=O)[O-])ccc32)cc1C. The van der Waals surface area contributed by atoms with Gasteiger partial charge in [0.25, 0.3) is 5.69 Å². The molecule has 1 heterocycles. The highest BCUT2D eigenvalue weighted by atomic mass is 16.6. The summed E-state index contributed by atoms with van der Waals surface area (Å²) < 4.78 is 2.11. The van der Waals surface area contributed by atoms with Crippen LogP contribution in [-0.4, -0.2) is 9.49 Å². The first-order chi connectivity index (χ1) is 10.0. The third-order valence-electron chi connectivity index (χ3n) is 3.89. The molecule has 0 atom stereocenters. The fourth-order valence-electron chi connectivity index (χ4n) is 2.54. The summed E-state index contributed by atoms with van der Waals surface area (Å²) in [6, 6.07) is 13.3. The van der Waals surface area contributed by atoms with Gasteiger partial charge in [0.1, 0.15) is 0 Å². The smallest absolute Gasteiger partial charge is 0.270 e. The van der Waals surface area contributed by atoms with Gasteiger partial charge in [-0.25, -0.2) is 0 Å². The molecule has 0 aliphatic rings. The zero-order valence-electron chi connectivity index (χ0n) is 12.0. The van der Waals surface area contributed by atoms with Crippen LogP contribution in [-0.2, 0) is 6.54 Å². The van der Waals surface area contributed by atoms with Crippen LogP contribution in [0.15, 0.2) is 48.7 Å². The molecule has 0 spiro atoms. The number of fused-ring (bicyclic) bond motifs is 1. The van der Waals surface area contributed by atoms with Crippen molar-refractivity contribution in [3.63, 3.8) is 0 Å². The quantitative estimate of drug-likeness (QED) is 0.533. The first kappa shape index (κ1) is 13.4. The van der Waals surface area contributed by atoms with Gasteiger partial charge in [-0.2, -0.15) is 0 Å². The lowest BCUT2D eigenvalue weighted by Crippen LogP contribution is -1.98. The van der Waals surface area contributed by atoms with Crippen LogP contribution in [0.2, 0.25) is 0 Å². The summed E-state index contributed by atoms with van der Waals surface area (Å²) in [7, 11) is 0. The summed E-state index contributed by atoms with van der Waals surface area (Å²) in [6.45, 7) is 4.97.